The van der Waals surface area contributed by atoms with E-state index in [-0.39, 0.29) is 12.0 Å². The second kappa shape index (κ2) is 7.16. The maximum atomic E-state index is 13.4. The minimum atomic E-state index is -1.67. The first-order valence-corrected chi connectivity index (χ1v) is 6.72. The van der Waals surface area contributed by atoms with Gasteiger partial charge in [-0.05, 0) is 17.7 Å². The average molecular weight is 342 g/mol. The van der Waals surface area contributed by atoms with Crippen molar-refractivity contribution in [3.05, 3.63) is 53.2 Å². The minimum Gasteiger partial charge on any atom is -0.467 e. The molecule has 0 saturated carbocycles. The molecule has 0 fully saturated rings. The van der Waals surface area contributed by atoms with E-state index in [1.807, 2.05) is 0 Å². The number of benzene rings is 1. The number of aromatic nitrogens is 1. The van der Waals surface area contributed by atoms with Gasteiger partial charge in [0.15, 0.2) is 23.5 Å². The molecule has 0 unspecified atom stereocenters. The Morgan fingerprint density at radius 2 is 1.92 bits per heavy atom. The fraction of sp³-hybridized carbons (Fsp3) is 0.267. The van der Waals surface area contributed by atoms with Gasteiger partial charge in [0.05, 0.1) is 19.2 Å². The van der Waals surface area contributed by atoms with E-state index in [0.717, 1.165) is 12.0 Å². The lowest BCUT2D eigenvalue weighted by atomic mass is 10.0. The van der Waals surface area contributed by atoms with E-state index in [0.29, 0.717) is 17.8 Å². The third kappa shape index (κ3) is 3.55. The van der Waals surface area contributed by atoms with Gasteiger partial charge in [-0.3, -0.25) is 4.79 Å². The number of carbonyl (C=O) groups excluding carboxylic acids is 2. The molecule has 24 heavy (non-hydrogen) atoms. The van der Waals surface area contributed by atoms with E-state index in [2.05, 4.69) is 14.4 Å². The summed E-state index contributed by atoms with van der Waals surface area (Å²) in [6, 6.07) is 1.29. The number of hydrogen-bond acceptors (Lipinski definition) is 5. The van der Waals surface area contributed by atoms with Crippen LogP contribution in [0.1, 0.15) is 17.3 Å². The number of carbonyl (C=O) groups is 2. The number of likely N-dealkylation sites (N-methyl/N-ethyl adjacent to an activating group) is 1. The SMILES string of the molecule is COC(=O)[C@H](c1cc(F)c(F)c(F)c1)N(C)C(=O)Cc1ccon1. The Balaban J connectivity index is 2.34. The molecule has 0 aliphatic rings. The lowest BCUT2D eigenvalue weighted by molar-refractivity contribution is -0.152. The molecule has 0 spiro atoms. The van der Waals surface area contributed by atoms with Crippen LogP contribution in [-0.2, 0) is 20.7 Å². The number of rotatable bonds is 5. The van der Waals surface area contributed by atoms with Crippen LogP contribution in [0, 0.1) is 17.5 Å². The molecule has 1 atom stereocenters. The number of ether oxygens (including phenoxy) is 1. The van der Waals surface area contributed by atoms with Crippen molar-refractivity contribution in [1.82, 2.24) is 10.1 Å². The van der Waals surface area contributed by atoms with Crippen LogP contribution in [0.25, 0.3) is 0 Å². The Bertz CT molecular complexity index is 726. The predicted octanol–water partition coefficient (Wildman–Crippen LogP) is 2.01. The number of esters is 1. The van der Waals surface area contributed by atoms with Gasteiger partial charge in [0.1, 0.15) is 6.26 Å². The lowest BCUT2D eigenvalue weighted by Crippen LogP contribution is -2.37. The van der Waals surface area contributed by atoms with Crippen LogP contribution >= 0.6 is 0 Å². The van der Waals surface area contributed by atoms with Crippen LogP contribution in [0.3, 0.4) is 0 Å². The Labute approximate surface area is 134 Å². The van der Waals surface area contributed by atoms with Gasteiger partial charge in [-0.25, -0.2) is 18.0 Å². The molecule has 0 aliphatic heterocycles. The Morgan fingerprint density at radius 1 is 1.29 bits per heavy atom. The summed E-state index contributed by atoms with van der Waals surface area (Å²) in [5.74, 6) is -6.13. The maximum Gasteiger partial charge on any atom is 0.333 e. The summed E-state index contributed by atoms with van der Waals surface area (Å²) in [7, 11) is 2.31. The van der Waals surface area contributed by atoms with Gasteiger partial charge >= 0.3 is 5.97 Å². The fourth-order valence-corrected chi connectivity index (χ4v) is 2.11. The zero-order valence-corrected chi connectivity index (χ0v) is 12.8. The summed E-state index contributed by atoms with van der Waals surface area (Å²) < 4.78 is 49.2. The second-order valence-corrected chi connectivity index (χ2v) is 4.90. The van der Waals surface area contributed by atoms with E-state index in [9.17, 15) is 22.8 Å². The van der Waals surface area contributed by atoms with Crippen molar-refractivity contribution < 1.29 is 32.0 Å². The normalized spacial score (nSPS) is 11.9. The van der Waals surface area contributed by atoms with Crippen molar-refractivity contribution in [3.63, 3.8) is 0 Å². The average Bonchev–Trinajstić information content (AvgIpc) is 3.05. The van der Waals surface area contributed by atoms with Crippen LogP contribution in [0.4, 0.5) is 13.2 Å². The molecule has 0 saturated heterocycles. The third-order valence-electron chi connectivity index (χ3n) is 3.35. The van der Waals surface area contributed by atoms with Crippen molar-refractivity contribution in [1.29, 1.82) is 0 Å². The Hall–Kier alpha value is -2.84. The molecular weight excluding hydrogens is 329 g/mol. The molecule has 2 rings (SSSR count). The van der Waals surface area contributed by atoms with E-state index in [4.69, 9.17) is 0 Å². The third-order valence-corrected chi connectivity index (χ3v) is 3.35. The van der Waals surface area contributed by atoms with Crippen molar-refractivity contribution in [2.24, 2.45) is 0 Å². The van der Waals surface area contributed by atoms with Gasteiger partial charge in [-0.2, -0.15) is 0 Å². The first kappa shape index (κ1) is 17.5. The number of halogens is 3. The first-order valence-electron chi connectivity index (χ1n) is 6.72. The Kier molecular flexibility index (Phi) is 5.22. The maximum absolute atomic E-state index is 13.4. The standard InChI is InChI=1S/C15H13F3N2O4/c1-20(12(21)7-9-3-4-24-19-9)14(15(22)23-2)8-5-10(16)13(18)11(17)6-8/h3-6,14H,7H2,1-2H3/t14-/m0/s1. The Morgan fingerprint density at radius 3 is 2.42 bits per heavy atom. The van der Waals surface area contributed by atoms with Crippen molar-refractivity contribution in [2.75, 3.05) is 14.2 Å². The summed E-state index contributed by atoms with van der Waals surface area (Å²) >= 11 is 0. The highest BCUT2D eigenvalue weighted by atomic mass is 19.2. The summed E-state index contributed by atoms with van der Waals surface area (Å²) in [5, 5.41) is 3.57. The second-order valence-electron chi connectivity index (χ2n) is 4.90. The van der Waals surface area contributed by atoms with Crippen LogP contribution < -0.4 is 0 Å². The highest BCUT2D eigenvalue weighted by molar-refractivity contribution is 5.86. The zero-order chi connectivity index (χ0) is 17.9. The quantitative estimate of drug-likeness (QED) is 0.614. The van der Waals surface area contributed by atoms with Gasteiger partial charge in [-0.15, -0.1) is 0 Å². The molecule has 1 amide bonds. The predicted molar refractivity (Wildman–Crippen MR) is 74.1 cm³/mol. The summed E-state index contributed by atoms with van der Waals surface area (Å²) in [5.41, 5.74) is 0.0567. The highest BCUT2D eigenvalue weighted by Crippen LogP contribution is 2.25. The molecular formula is C15H13F3N2O4. The van der Waals surface area contributed by atoms with Gasteiger partial charge in [0.25, 0.3) is 0 Å². The molecule has 6 nitrogen and oxygen atoms in total. The molecule has 1 aromatic carbocycles. The molecule has 1 aromatic heterocycles. The molecule has 2 aromatic rings. The number of amides is 1. The van der Waals surface area contributed by atoms with Gasteiger partial charge in [-0.1, -0.05) is 5.16 Å². The van der Waals surface area contributed by atoms with Crippen LogP contribution in [0.2, 0.25) is 0 Å². The van der Waals surface area contributed by atoms with Crippen LogP contribution in [-0.4, -0.2) is 36.1 Å². The van der Waals surface area contributed by atoms with E-state index in [1.54, 1.807) is 0 Å². The lowest BCUT2D eigenvalue weighted by Gasteiger charge is -2.26. The molecule has 0 aliphatic carbocycles. The monoisotopic (exact) mass is 342 g/mol. The molecule has 0 bridgehead atoms. The summed E-state index contributed by atoms with van der Waals surface area (Å²) in [4.78, 5) is 25.2. The highest BCUT2D eigenvalue weighted by Gasteiger charge is 2.31. The minimum absolute atomic E-state index is 0.202. The van der Waals surface area contributed by atoms with Crippen LogP contribution in [0.5, 0.6) is 0 Å². The number of methoxy groups -OCH3 is 1. The zero-order valence-electron chi connectivity index (χ0n) is 12.8. The molecule has 9 heteroatoms. The summed E-state index contributed by atoms with van der Waals surface area (Å²) in [6.45, 7) is 0. The number of nitrogens with zero attached hydrogens (tertiary/aromatic N) is 2. The van der Waals surface area contributed by atoms with Crippen LogP contribution in [0.15, 0.2) is 29.0 Å². The molecule has 0 radical (unpaired) electrons. The summed E-state index contributed by atoms with van der Waals surface area (Å²) in [6.07, 6.45) is 1.07. The first-order chi connectivity index (χ1) is 11.3. The van der Waals surface area contributed by atoms with Gasteiger partial charge < -0.3 is 14.2 Å². The van der Waals surface area contributed by atoms with Gasteiger partial charge in [0, 0.05) is 13.1 Å². The van der Waals surface area contributed by atoms with E-state index >= 15 is 0 Å². The van der Waals surface area contributed by atoms with Crippen molar-refractivity contribution in [2.45, 2.75) is 12.5 Å². The van der Waals surface area contributed by atoms with Crippen molar-refractivity contribution >= 4 is 11.9 Å². The molecule has 0 N–H and O–H groups in total. The van der Waals surface area contributed by atoms with Gasteiger partial charge in [0.2, 0.25) is 5.91 Å². The molecule has 1 heterocycles. The fourth-order valence-electron chi connectivity index (χ4n) is 2.11. The van der Waals surface area contributed by atoms with E-state index < -0.39 is 35.4 Å². The van der Waals surface area contributed by atoms with Crippen molar-refractivity contribution in [3.8, 4) is 0 Å². The topological polar surface area (TPSA) is 72.6 Å². The number of hydrogen-bond donors (Lipinski definition) is 0. The molecule has 128 valence electrons. The smallest absolute Gasteiger partial charge is 0.333 e. The largest absolute Gasteiger partial charge is 0.467 e. The van der Waals surface area contributed by atoms with E-state index in [1.165, 1.54) is 19.4 Å².